The largest absolute Gasteiger partial charge is 0.280 e. The molecule has 142 valence electrons. The molecule has 0 saturated carbocycles. The molecule has 1 N–H and O–H groups in total. The number of hydrogen-bond donors (Lipinski definition) is 1. The van der Waals surface area contributed by atoms with Crippen molar-refractivity contribution in [3.05, 3.63) is 72.1 Å². The molecule has 4 rings (SSSR count). The SMILES string of the molecule is Cc1nnc2ccc(-c3ccc(NS(=O)(=O)c4cc(F)ccc4F)cc3)nn12. The van der Waals surface area contributed by atoms with Crippen molar-refractivity contribution in [1.82, 2.24) is 19.8 Å². The Balaban J connectivity index is 1.62. The number of nitrogens with zero attached hydrogens (tertiary/aromatic N) is 4. The summed E-state index contributed by atoms with van der Waals surface area (Å²) in [4.78, 5) is -0.758. The maximum Gasteiger partial charge on any atom is 0.264 e. The summed E-state index contributed by atoms with van der Waals surface area (Å²) in [5.74, 6) is -1.24. The first-order valence-electron chi connectivity index (χ1n) is 8.11. The van der Waals surface area contributed by atoms with Gasteiger partial charge in [-0.2, -0.15) is 9.61 Å². The van der Waals surface area contributed by atoms with E-state index < -0.39 is 26.6 Å². The molecule has 2 aromatic carbocycles. The lowest BCUT2D eigenvalue weighted by Gasteiger charge is -2.10. The normalized spacial score (nSPS) is 11.7. The summed E-state index contributed by atoms with van der Waals surface area (Å²) in [6.45, 7) is 1.78. The zero-order valence-electron chi connectivity index (χ0n) is 14.5. The second-order valence-corrected chi connectivity index (χ2v) is 7.64. The van der Waals surface area contributed by atoms with E-state index in [9.17, 15) is 17.2 Å². The van der Waals surface area contributed by atoms with Gasteiger partial charge in [0.05, 0.1) is 5.69 Å². The molecule has 4 aromatic rings. The summed E-state index contributed by atoms with van der Waals surface area (Å²) in [5.41, 5.74) is 2.19. The van der Waals surface area contributed by atoms with Gasteiger partial charge in [0.25, 0.3) is 10.0 Å². The molecule has 0 aliphatic rings. The van der Waals surface area contributed by atoms with Crippen LogP contribution in [0.5, 0.6) is 0 Å². The Morgan fingerprint density at radius 2 is 1.71 bits per heavy atom. The molecular weight excluding hydrogens is 388 g/mol. The Morgan fingerprint density at radius 3 is 2.46 bits per heavy atom. The molecule has 10 heteroatoms. The molecule has 0 aliphatic heterocycles. The summed E-state index contributed by atoms with van der Waals surface area (Å²) in [5, 5.41) is 12.3. The van der Waals surface area contributed by atoms with Crippen molar-refractivity contribution < 1.29 is 17.2 Å². The summed E-state index contributed by atoms with van der Waals surface area (Å²) >= 11 is 0. The van der Waals surface area contributed by atoms with Crippen LogP contribution in [0.15, 0.2) is 59.5 Å². The molecule has 2 heterocycles. The molecule has 0 spiro atoms. The van der Waals surface area contributed by atoms with E-state index in [1.165, 1.54) is 12.1 Å². The van der Waals surface area contributed by atoms with E-state index in [4.69, 9.17) is 0 Å². The van der Waals surface area contributed by atoms with E-state index >= 15 is 0 Å². The lowest BCUT2D eigenvalue weighted by Crippen LogP contribution is -2.14. The van der Waals surface area contributed by atoms with Crippen LogP contribution in [0.3, 0.4) is 0 Å². The van der Waals surface area contributed by atoms with Gasteiger partial charge in [-0.25, -0.2) is 17.2 Å². The molecule has 0 aliphatic carbocycles. The van der Waals surface area contributed by atoms with E-state index in [0.29, 0.717) is 23.2 Å². The highest BCUT2D eigenvalue weighted by molar-refractivity contribution is 7.92. The molecule has 0 bridgehead atoms. The summed E-state index contributed by atoms with van der Waals surface area (Å²) in [6, 6.07) is 12.1. The first-order valence-corrected chi connectivity index (χ1v) is 9.59. The molecule has 0 saturated heterocycles. The van der Waals surface area contributed by atoms with Gasteiger partial charge in [0.1, 0.15) is 16.5 Å². The van der Waals surface area contributed by atoms with Crippen molar-refractivity contribution in [2.45, 2.75) is 11.8 Å². The second kappa shape index (κ2) is 6.64. The lowest BCUT2D eigenvalue weighted by molar-refractivity contribution is 0.555. The van der Waals surface area contributed by atoms with E-state index in [-0.39, 0.29) is 5.69 Å². The minimum Gasteiger partial charge on any atom is -0.280 e. The van der Waals surface area contributed by atoms with Gasteiger partial charge in [-0.05, 0) is 49.4 Å². The van der Waals surface area contributed by atoms with E-state index in [1.54, 1.807) is 35.7 Å². The highest BCUT2D eigenvalue weighted by Crippen LogP contribution is 2.23. The molecule has 0 fully saturated rings. The maximum absolute atomic E-state index is 13.8. The standard InChI is InChI=1S/C18H13F2N5O2S/c1-11-21-22-18-9-8-16(23-25(11)18)12-2-5-14(6-3-12)24-28(26,27)17-10-13(19)4-7-15(17)20/h2-10,24H,1H3. The van der Waals surface area contributed by atoms with Gasteiger partial charge < -0.3 is 0 Å². The van der Waals surface area contributed by atoms with Crippen LogP contribution in [0.1, 0.15) is 5.82 Å². The first kappa shape index (κ1) is 18.0. The molecular formula is C18H13F2N5O2S. The number of aryl methyl sites for hydroxylation is 1. The van der Waals surface area contributed by atoms with Crippen molar-refractivity contribution in [3.8, 4) is 11.3 Å². The molecule has 0 atom stereocenters. The fourth-order valence-corrected chi connectivity index (χ4v) is 3.80. The fraction of sp³-hybridized carbons (Fsp3) is 0.0556. The van der Waals surface area contributed by atoms with Crippen molar-refractivity contribution in [2.75, 3.05) is 4.72 Å². The summed E-state index contributed by atoms with van der Waals surface area (Å²) in [6.07, 6.45) is 0. The van der Waals surface area contributed by atoms with Crippen molar-refractivity contribution in [1.29, 1.82) is 0 Å². The topological polar surface area (TPSA) is 89.2 Å². The zero-order chi connectivity index (χ0) is 19.9. The van der Waals surface area contributed by atoms with Crippen molar-refractivity contribution >= 4 is 21.4 Å². The quantitative estimate of drug-likeness (QED) is 0.567. The van der Waals surface area contributed by atoms with Crippen LogP contribution in [-0.4, -0.2) is 28.2 Å². The van der Waals surface area contributed by atoms with Crippen LogP contribution in [0.4, 0.5) is 14.5 Å². The van der Waals surface area contributed by atoms with Crippen LogP contribution in [0.2, 0.25) is 0 Å². The number of hydrogen-bond acceptors (Lipinski definition) is 5. The summed E-state index contributed by atoms with van der Waals surface area (Å²) in [7, 11) is -4.27. The van der Waals surface area contributed by atoms with E-state index in [2.05, 4.69) is 20.0 Å². The number of rotatable bonds is 4. The number of fused-ring (bicyclic) bond motifs is 1. The molecule has 0 unspecified atom stereocenters. The van der Waals surface area contributed by atoms with Gasteiger partial charge in [0, 0.05) is 11.3 Å². The van der Waals surface area contributed by atoms with Crippen molar-refractivity contribution in [3.63, 3.8) is 0 Å². The van der Waals surface area contributed by atoms with Gasteiger partial charge in [-0.3, -0.25) is 4.72 Å². The summed E-state index contributed by atoms with van der Waals surface area (Å²) < 4.78 is 55.6. The predicted molar refractivity (Wildman–Crippen MR) is 98.1 cm³/mol. The molecule has 0 amide bonds. The van der Waals surface area contributed by atoms with Crippen LogP contribution in [-0.2, 0) is 10.0 Å². The lowest BCUT2D eigenvalue weighted by atomic mass is 10.1. The average molecular weight is 401 g/mol. The maximum atomic E-state index is 13.8. The first-order chi connectivity index (χ1) is 13.3. The van der Waals surface area contributed by atoms with Crippen LogP contribution in [0.25, 0.3) is 16.9 Å². The number of nitrogens with one attached hydrogen (secondary N) is 1. The third-order valence-corrected chi connectivity index (χ3v) is 5.43. The van der Waals surface area contributed by atoms with Gasteiger partial charge in [-0.15, -0.1) is 10.2 Å². The minimum absolute atomic E-state index is 0.203. The van der Waals surface area contributed by atoms with Crippen LogP contribution >= 0.6 is 0 Å². The predicted octanol–water partition coefficient (Wildman–Crippen LogP) is 3.18. The van der Waals surface area contributed by atoms with Gasteiger partial charge in [0.15, 0.2) is 11.5 Å². The third-order valence-electron chi connectivity index (χ3n) is 4.03. The Labute approximate surface area is 158 Å². The third kappa shape index (κ3) is 3.29. The average Bonchev–Trinajstić information content (AvgIpc) is 3.04. The monoisotopic (exact) mass is 401 g/mol. The number of anilines is 1. The Morgan fingerprint density at radius 1 is 0.964 bits per heavy atom. The minimum atomic E-state index is -4.27. The highest BCUT2D eigenvalue weighted by Gasteiger charge is 2.20. The Bertz CT molecular complexity index is 1290. The molecule has 0 radical (unpaired) electrons. The number of aromatic nitrogens is 4. The Kier molecular flexibility index (Phi) is 4.27. The van der Waals surface area contributed by atoms with Gasteiger partial charge in [0.2, 0.25) is 0 Å². The van der Waals surface area contributed by atoms with Gasteiger partial charge in [-0.1, -0.05) is 12.1 Å². The van der Waals surface area contributed by atoms with Crippen LogP contribution < -0.4 is 4.72 Å². The van der Waals surface area contributed by atoms with Crippen molar-refractivity contribution in [2.24, 2.45) is 0 Å². The molecule has 28 heavy (non-hydrogen) atoms. The van der Waals surface area contributed by atoms with Gasteiger partial charge >= 0.3 is 0 Å². The smallest absolute Gasteiger partial charge is 0.264 e. The van der Waals surface area contributed by atoms with Crippen LogP contribution in [0, 0.1) is 18.6 Å². The number of benzene rings is 2. The highest BCUT2D eigenvalue weighted by atomic mass is 32.2. The van der Waals surface area contributed by atoms with E-state index in [1.807, 2.05) is 0 Å². The zero-order valence-corrected chi connectivity index (χ0v) is 15.3. The number of sulfonamides is 1. The van der Waals surface area contributed by atoms with E-state index in [0.717, 1.165) is 17.7 Å². The number of halogens is 2. The Hall–Kier alpha value is -3.40. The fourth-order valence-electron chi connectivity index (χ4n) is 2.65. The molecule has 2 aromatic heterocycles. The second-order valence-electron chi connectivity index (χ2n) is 5.99. The molecule has 7 nitrogen and oxygen atoms in total.